The zero-order valence-corrected chi connectivity index (χ0v) is 9.87. The van der Waals surface area contributed by atoms with Gasteiger partial charge in [0.05, 0.1) is 11.9 Å². The van der Waals surface area contributed by atoms with Crippen LogP contribution in [0.25, 0.3) is 0 Å². The van der Waals surface area contributed by atoms with E-state index in [1.807, 2.05) is 6.92 Å². The molecule has 1 aliphatic heterocycles. The van der Waals surface area contributed by atoms with Crippen molar-refractivity contribution in [2.75, 3.05) is 18.0 Å². The van der Waals surface area contributed by atoms with Gasteiger partial charge in [-0.1, -0.05) is 11.6 Å². The summed E-state index contributed by atoms with van der Waals surface area (Å²) in [6, 6.07) is 1.76. The molecule has 0 radical (unpaired) electrons. The van der Waals surface area contributed by atoms with Gasteiger partial charge in [-0.25, -0.2) is 4.98 Å². The van der Waals surface area contributed by atoms with Gasteiger partial charge < -0.3 is 10.6 Å². The smallest absolute Gasteiger partial charge is 0.227 e. The summed E-state index contributed by atoms with van der Waals surface area (Å²) >= 11 is 5.78. The van der Waals surface area contributed by atoms with Gasteiger partial charge in [0.2, 0.25) is 5.91 Å². The molecule has 1 saturated heterocycles. The first-order chi connectivity index (χ1) is 7.61. The molecule has 2 heterocycles. The van der Waals surface area contributed by atoms with Crippen LogP contribution in [0.1, 0.15) is 12.0 Å². The van der Waals surface area contributed by atoms with Crippen molar-refractivity contribution in [3.63, 3.8) is 0 Å². The second-order valence-electron chi connectivity index (χ2n) is 4.10. The maximum absolute atomic E-state index is 11.8. The molecule has 0 spiro atoms. The number of hydrogen-bond donors (Lipinski definition) is 1. The molecule has 1 aliphatic rings. The van der Waals surface area contributed by atoms with Crippen LogP contribution in [0.4, 0.5) is 5.69 Å². The second-order valence-corrected chi connectivity index (χ2v) is 4.49. The van der Waals surface area contributed by atoms with Crippen LogP contribution < -0.4 is 10.6 Å². The Hall–Kier alpha value is -1.13. The van der Waals surface area contributed by atoms with Crippen LogP contribution in [0.3, 0.4) is 0 Å². The van der Waals surface area contributed by atoms with Crippen molar-refractivity contribution >= 4 is 23.2 Å². The molecule has 1 atom stereocenters. The van der Waals surface area contributed by atoms with E-state index in [0.29, 0.717) is 24.7 Å². The summed E-state index contributed by atoms with van der Waals surface area (Å²) in [5.74, 6) is 0.366. The van der Waals surface area contributed by atoms with Crippen molar-refractivity contribution in [1.82, 2.24) is 4.98 Å². The van der Waals surface area contributed by atoms with E-state index in [4.69, 9.17) is 17.3 Å². The maximum Gasteiger partial charge on any atom is 0.227 e. The third-order valence-electron chi connectivity index (χ3n) is 2.88. The molecule has 5 heteroatoms. The average molecular weight is 240 g/mol. The van der Waals surface area contributed by atoms with E-state index in [2.05, 4.69) is 4.98 Å². The summed E-state index contributed by atoms with van der Waals surface area (Å²) in [5.41, 5.74) is 7.39. The van der Waals surface area contributed by atoms with Gasteiger partial charge in [0.25, 0.3) is 0 Å². The molecule has 1 unspecified atom stereocenters. The number of aromatic nitrogens is 1. The Balaban J connectivity index is 2.28. The topological polar surface area (TPSA) is 59.2 Å². The normalized spacial score (nSPS) is 20.6. The minimum absolute atomic E-state index is 0.114. The zero-order valence-electron chi connectivity index (χ0n) is 9.11. The van der Waals surface area contributed by atoms with Gasteiger partial charge in [-0.2, -0.15) is 0 Å². The average Bonchev–Trinajstić information content (AvgIpc) is 2.60. The molecular weight excluding hydrogens is 226 g/mol. The Morgan fingerprint density at radius 3 is 3.00 bits per heavy atom. The van der Waals surface area contributed by atoms with E-state index < -0.39 is 0 Å². The summed E-state index contributed by atoms with van der Waals surface area (Å²) < 4.78 is 0. The minimum Gasteiger partial charge on any atom is -0.330 e. The first-order valence-electron chi connectivity index (χ1n) is 5.24. The SMILES string of the molecule is Cc1cc(Cl)ncc1N1CC(CN)CC1=O. The van der Waals surface area contributed by atoms with Gasteiger partial charge in [0.15, 0.2) is 0 Å². The number of carbonyl (C=O) groups is 1. The van der Waals surface area contributed by atoms with Gasteiger partial charge in [-0.15, -0.1) is 0 Å². The summed E-state index contributed by atoms with van der Waals surface area (Å²) in [4.78, 5) is 17.5. The Morgan fingerprint density at radius 1 is 1.69 bits per heavy atom. The zero-order chi connectivity index (χ0) is 11.7. The molecule has 1 aromatic heterocycles. The van der Waals surface area contributed by atoms with Crippen LogP contribution in [0.15, 0.2) is 12.3 Å². The molecule has 1 aromatic rings. The standard InChI is InChI=1S/C11H14ClN3O/c1-7-2-10(12)14-5-9(7)15-6-8(4-13)3-11(15)16/h2,5,8H,3-4,6,13H2,1H3. The van der Waals surface area contributed by atoms with Crippen molar-refractivity contribution in [3.05, 3.63) is 23.0 Å². The summed E-state index contributed by atoms with van der Waals surface area (Å²) in [5, 5.41) is 0.447. The molecule has 0 saturated carbocycles. The third-order valence-corrected chi connectivity index (χ3v) is 3.09. The minimum atomic E-state index is 0.114. The van der Waals surface area contributed by atoms with Crippen molar-refractivity contribution in [2.24, 2.45) is 11.7 Å². The predicted molar refractivity (Wildman–Crippen MR) is 63.5 cm³/mol. The number of carbonyl (C=O) groups excluding carboxylic acids is 1. The van der Waals surface area contributed by atoms with Crippen molar-refractivity contribution < 1.29 is 4.79 Å². The number of pyridine rings is 1. The van der Waals surface area contributed by atoms with Crippen LogP contribution in [0.5, 0.6) is 0 Å². The molecule has 16 heavy (non-hydrogen) atoms. The summed E-state index contributed by atoms with van der Waals surface area (Å²) in [6.07, 6.45) is 2.17. The van der Waals surface area contributed by atoms with Crippen molar-refractivity contribution in [1.29, 1.82) is 0 Å². The maximum atomic E-state index is 11.8. The fraction of sp³-hybridized carbons (Fsp3) is 0.455. The van der Waals surface area contributed by atoms with Crippen LogP contribution in [-0.4, -0.2) is 24.0 Å². The molecule has 0 aliphatic carbocycles. The highest BCUT2D eigenvalue weighted by Gasteiger charge is 2.30. The number of nitrogens with two attached hydrogens (primary N) is 1. The Kier molecular flexibility index (Phi) is 3.12. The van der Waals surface area contributed by atoms with E-state index in [9.17, 15) is 4.79 Å². The largest absolute Gasteiger partial charge is 0.330 e. The van der Waals surface area contributed by atoms with E-state index in [-0.39, 0.29) is 11.8 Å². The number of aryl methyl sites for hydroxylation is 1. The highest BCUT2D eigenvalue weighted by atomic mass is 35.5. The van der Waals surface area contributed by atoms with E-state index in [0.717, 1.165) is 11.3 Å². The summed E-state index contributed by atoms with van der Waals surface area (Å²) in [6.45, 7) is 3.15. The Morgan fingerprint density at radius 2 is 2.44 bits per heavy atom. The molecule has 1 fully saturated rings. The number of rotatable bonds is 2. The van der Waals surface area contributed by atoms with E-state index in [1.165, 1.54) is 0 Å². The molecule has 86 valence electrons. The van der Waals surface area contributed by atoms with Gasteiger partial charge >= 0.3 is 0 Å². The van der Waals surface area contributed by atoms with Crippen LogP contribution in [0, 0.1) is 12.8 Å². The summed E-state index contributed by atoms with van der Waals surface area (Å²) in [7, 11) is 0. The Labute approximate surface area is 99.4 Å². The van der Waals surface area contributed by atoms with Crippen molar-refractivity contribution in [3.8, 4) is 0 Å². The highest BCUT2D eigenvalue weighted by molar-refractivity contribution is 6.29. The number of anilines is 1. The quantitative estimate of drug-likeness (QED) is 0.793. The molecule has 1 amide bonds. The third kappa shape index (κ3) is 2.03. The lowest BCUT2D eigenvalue weighted by Crippen LogP contribution is -2.26. The first kappa shape index (κ1) is 11.4. The van der Waals surface area contributed by atoms with E-state index in [1.54, 1.807) is 17.2 Å². The van der Waals surface area contributed by atoms with Gasteiger partial charge in [0, 0.05) is 13.0 Å². The monoisotopic (exact) mass is 239 g/mol. The molecule has 0 bridgehead atoms. The lowest BCUT2D eigenvalue weighted by molar-refractivity contribution is -0.117. The molecule has 4 nitrogen and oxygen atoms in total. The number of amides is 1. The number of halogens is 1. The fourth-order valence-corrected chi connectivity index (χ4v) is 2.18. The fourth-order valence-electron chi connectivity index (χ4n) is 1.97. The second kappa shape index (κ2) is 4.39. The number of hydrogen-bond acceptors (Lipinski definition) is 3. The Bertz CT molecular complexity index is 422. The van der Waals surface area contributed by atoms with Gasteiger partial charge in [0.1, 0.15) is 5.15 Å². The van der Waals surface area contributed by atoms with Crippen LogP contribution in [-0.2, 0) is 4.79 Å². The van der Waals surface area contributed by atoms with Gasteiger partial charge in [-0.3, -0.25) is 4.79 Å². The molecule has 0 aromatic carbocycles. The molecule has 2 N–H and O–H groups in total. The van der Waals surface area contributed by atoms with Crippen molar-refractivity contribution in [2.45, 2.75) is 13.3 Å². The van der Waals surface area contributed by atoms with Gasteiger partial charge in [-0.05, 0) is 31.0 Å². The lowest BCUT2D eigenvalue weighted by atomic mass is 10.1. The van der Waals surface area contributed by atoms with Crippen LogP contribution in [0.2, 0.25) is 5.15 Å². The number of nitrogens with zero attached hydrogens (tertiary/aromatic N) is 2. The highest BCUT2D eigenvalue weighted by Crippen LogP contribution is 2.27. The molecule has 2 rings (SSSR count). The van der Waals surface area contributed by atoms with E-state index >= 15 is 0 Å². The molecular formula is C11H14ClN3O. The van der Waals surface area contributed by atoms with Crippen LogP contribution >= 0.6 is 11.6 Å². The predicted octanol–water partition coefficient (Wildman–Crippen LogP) is 1.36. The lowest BCUT2D eigenvalue weighted by Gasteiger charge is -2.18. The first-order valence-corrected chi connectivity index (χ1v) is 5.62.